The third-order valence-electron chi connectivity index (χ3n) is 3.17. The fourth-order valence-corrected chi connectivity index (χ4v) is 2.15. The Morgan fingerprint density at radius 1 is 1.11 bits per heavy atom. The minimum Gasteiger partial charge on any atom is -0.378 e. The summed E-state index contributed by atoms with van der Waals surface area (Å²) in [6.45, 7) is 2.92. The quantitative estimate of drug-likeness (QED) is 0.612. The lowest BCUT2D eigenvalue weighted by atomic mass is 10.2. The average molecular weight is 241 g/mol. The van der Waals surface area contributed by atoms with E-state index in [1.54, 1.807) is 0 Å². The molecule has 0 aliphatic carbocycles. The van der Waals surface area contributed by atoms with E-state index < -0.39 is 0 Å². The summed E-state index contributed by atoms with van der Waals surface area (Å²) in [6, 6.07) is 11.9. The zero-order valence-corrected chi connectivity index (χ0v) is 10.1. The van der Waals surface area contributed by atoms with Gasteiger partial charge in [-0.3, -0.25) is 5.41 Å². The van der Waals surface area contributed by atoms with Crippen LogP contribution in [0.4, 0.5) is 0 Å². The Labute approximate surface area is 106 Å². The van der Waals surface area contributed by atoms with E-state index in [-0.39, 0.29) is 0 Å². The second-order valence-electron chi connectivity index (χ2n) is 4.34. The first kappa shape index (κ1) is 11.2. The predicted octanol–water partition coefficient (Wildman–Crippen LogP) is 1.89. The van der Waals surface area contributed by atoms with Crippen molar-refractivity contribution in [1.29, 1.82) is 5.41 Å². The first-order chi connectivity index (χ1) is 8.84. The molecule has 1 N–H and O–H groups in total. The van der Waals surface area contributed by atoms with Crippen LogP contribution in [0.1, 0.15) is 5.69 Å². The Kier molecular flexibility index (Phi) is 2.94. The molecule has 0 bridgehead atoms. The maximum Gasteiger partial charge on any atom is 0.147 e. The Hall–Kier alpha value is -1.94. The molecule has 1 aromatic heterocycles. The van der Waals surface area contributed by atoms with Gasteiger partial charge in [-0.05, 0) is 12.1 Å². The first-order valence-corrected chi connectivity index (χ1v) is 6.12. The number of rotatable bonds is 1. The first-order valence-electron chi connectivity index (χ1n) is 6.12. The van der Waals surface area contributed by atoms with Crippen LogP contribution in [0.15, 0.2) is 36.4 Å². The molecule has 1 fully saturated rings. The molecule has 0 spiro atoms. The van der Waals surface area contributed by atoms with E-state index in [0.717, 1.165) is 29.7 Å². The molecule has 0 amide bonds. The van der Waals surface area contributed by atoms with Gasteiger partial charge in [-0.1, -0.05) is 24.3 Å². The van der Waals surface area contributed by atoms with Crippen molar-refractivity contribution in [2.75, 3.05) is 26.3 Å². The van der Waals surface area contributed by atoms with Crippen LogP contribution in [0.3, 0.4) is 0 Å². The lowest BCUT2D eigenvalue weighted by molar-refractivity contribution is 0.0679. The molecule has 1 saturated heterocycles. The molecule has 18 heavy (non-hydrogen) atoms. The van der Waals surface area contributed by atoms with E-state index in [1.165, 1.54) is 0 Å². The number of fused-ring (bicyclic) bond motifs is 1. The zero-order chi connectivity index (χ0) is 12.4. The summed E-state index contributed by atoms with van der Waals surface area (Å²) in [5.74, 6) is 0.490. The lowest BCUT2D eigenvalue weighted by Crippen LogP contribution is -2.41. The van der Waals surface area contributed by atoms with Gasteiger partial charge in [0.05, 0.1) is 18.7 Å². The highest BCUT2D eigenvalue weighted by molar-refractivity contribution is 5.96. The average Bonchev–Trinajstić information content (AvgIpc) is 2.47. The van der Waals surface area contributed by atoms with Gasteiger partial charge in [0.2, 0.25) is 0 Å². The van der Waals surface area contributed by atoms with Gasteiger partial charge in [0, 0.05) is 18.5 Å². The Morgan fingerprint density at radius 3 is 2.72 bits per heavy atom. The highest BCUT2D eigenvalue weighted by Crippen LogP contribution is 2.13. The molecule has 2 aromatic rings. The SMILES string of the molecule is N=C(c1ccc2ccccc2n1)N1CCOCC1. The topological polar surface area (TPSA) is 49.2 Å². The van der Waals surface area contributed by atoms with Crippen LogP contribution < -0.4 is 0 Å². The number of amidine groups is 1. The molecular weight excluding hydrogens is 226 g/mol. The number of para-hydroxylation sites is 1. The number of morpholine rings is 1. The molecule has 1 aromatic carbocycles. The number of benzene rings is 1. The molecule has 1 aliphatic rings. The third-order valence-corrected chi connectivity index (χ3v) is 3.17. The van der Waals surface area contributed by atoms with Crippen molar-refractivity contribution in [3.63, 3.8) is 0 Å². The van der Waals surface area contributed by atoms with Gasteiger partial charge in [0.1, 0.15) is 11.5 Å². The second kappa shape index (κ2) is 4.74. The van der Waals surface area contributed by atoms with Gasteiger partial charge in [-0.25, -0.2) is 4.98 Å². The molecule has 3 rings (SSSR count). The van der Waals surface area contributed by atoms with E-state index in [1.807, 2.05) is 41.3 Å². The van der Waals surface area contributed by atoms with Crippen molar-refractivity contribution in [3.8, 4) is 0 Å². The summed E-state index contributed by atoms with van der Waals surface area (Å²) in [6.07, 6.45) is 0. The molecular formula is C14H15N3O. The van der Waals surface area contributed by atoms with Crippen molar-refractivity contribution in [3.05, 3.63) is 42.1 Å². The maximum atomic E-state index is 8.21. The molecule has 2 heterocycles. The van der Waals surface area contributed by atoms with Gasteiger partial charge in [0.15, 0.2) is 0 Å². The van der Waals surface area contributed by atoms with Gasteiger partial charge < -0.3 is 9.64 Å². The summed E-state index contributed by atoms with van der Waals surface area (Å²) in [5.41, 5.74) is 1.67. The highest BCUT2D eigenvalue weighted by atomic mass is 16.5. The summed E-state index contributed by atoms with van der Waals surface area (Å²) in [5, 5.41) is 9.31. The van der Waals surface area contributed by atoms with E-state index in [0.29, 0.717) is 19.0 Å². The minimum absolute atomic E-state index is 0.490. The fraction of sp³-hybridized carbons (Fsp3) is 0.286. The molecule has 92 valence electrons. The molecule has 4 heteroatoms. The molecule has 4 nitrogen and oxygen atoms in total. The minimum atomic E-state index is 0.490. The number of aromatic nitrogens is 1. The number of nitrogens with zero attached hydrogens (tertiary/aromatic N) is 2. The van der Waals surface area contributed by atoms with E-state index in [2.05, 4.69) is 4.98 Å². The second-order valence-corrected chi connectivity index (χ2v) is 4.34. The van der Waals surface area contributed by atoms with Crippen molar-refractivity contribution in [2.24, 2.45) is 0 Å². The molecule has 1 aliphatic heterocycles. The monoisotopic (exact) mass is 241 g/mol. The van der Waals surface area contributed by atoms with E-state index in [4.69, 9.17) is 10.1 Å². The van der Waals surface area contributed by atoms with E-state index >= 15 is 0 Å². The van der Waals surface area contributed by atoms with Gasteiger partial charge in [-0.15, -0.1) is 0 Å². The fourth-order valence-electron chi connectivity index (χ4n) is 2.15. The number of pyridine rings is 1. The van der Waals surface area contributed by atoms with Crippen molar-refractivity contribution in [2.45, 2.75) is 0 Å². The van der Waals surface area contributed by atoms with Crippen LogP contribution in [0.2, 0.25) is 0 Å². The van der Waals surface area contributed by atoms with Crippen molar-refractivity contribution >= 4 is 16.7 Å². The Balaban J connectivity index is 1.91. The number of hydrogen-bond acceptors (Lipinski definition) is 3. The van der Waals surface area contributed by atoms with Gasteiger partial charge in [-0.2, -0.15) is 0 Å². The summed E-state index contributed by atoms with van der Waals surface area (Å²) in [7, 11) is 0. The number of nitrogens with one attached hydrogen (secondary N) is 1. The normalized spacial score (nSPS) is 15.9. The largest absolute Gasteiger partial charge is 0.378 e. The Bertz CT molecular complexity index is 576. The van der Waals surface area contributed by atoms with Gasteiger partial charge in [0.25, 0.3) is 0 Å². The Morgan fingerprint density at radius 2 is 1.89 bits per heavy atom. The van der Waals surface area contributed by atoms with E-state index in [9.17, 15) is 0 Å². The number of hydrogen-bond donors (Lipinski definition) is 1. The van der Waals surface area contributed by atoms with Crippen LogP contribution in [0.5, 0.6) is 0 Å². The standard InChI is InChI=1S/C14H15N3O/c15-14(17-7-9-18-10-8-17)13-6-5-11-3-1-2-4-12(11)16-13/h1-6,15H,7-10H2. The van der Waals surface area contributed by atoms with Crippen molar-refractivity contribution < 1.29 is 4.74 Å². The molecule has 0 radical (unpaired) electrons. The summed E-state index contributed by atoms with van der Waals surface area (Å²) in [4.78, 5) is 6.56. The summed E-state index contributed by atoms with van der Waals surface area (Å²) >= 11 is 0. The van der Waals surface area contributed by atoms with Crippen LogP contribution in [-0.4, -0.2) is 42.0 Å². The smallest absolute Gasteiger partial charge is 0.147 e. The third kappa shape index (κ3) is 2.07. The highest BCUT2D eigenvalue weighted by Gasteiger charge is 2.16. The maximum absolute atomic E-state index is 8.21. The molecule has 0 saturated carbocycles. The molecule has 0 unspecified atom stereocenters. The van der Waals surface area contributed by atoms with Crippen LogP contribution in [0, 0.1) is 5.41 Å². The van der Waals surface area contributed by atoms with Crippen molar-refractivity contribution in [1.82, 2.24) is 9.88 Å². The number of ether oxygens (including phenoxy) is 1. The molecule has 0 atom stereocenters. The van der Waals surface area contributed by atoms with Crippen LogP contribution in [-0.2, 0) is 4.74 Å². The lowest BCUT2D eigenvalue weighted by Gasteiger charge is -2.28. The van der Waals surface area contributed by atoms with Crippen LogP contribution >= 0.6 is 0 Å². The van der Waals surface area contributed by atoms with Gasteiger partial charge >= 0.3 is 0 Å². The predicted molar refractivity (Wildman–Crippen MR) is 71.0 cm³/mol. The zero-order valence-electron chi connectivity index (χ0n) is 10.1. The van der Waals surface area contributed by atoms with Crippen LogP contribution in [0.25, 0.3) is 10.9 Å². The summed E-state index contributed by atoms with van der Waals surface area (Å²) < 4.78 is 5.30.